The third kappa shape index (κ3) is 4.08. The van der Waals surface area contributed by atoms with Crippen molar-refractivity contribution in [2.45, 2.75) is 45.2 Å². The molecule has 5 rings (SSSR count). The molecule has 1 amide bonds. The molecule has 0 radical (unpaired) electrons. The van der Waals surface area contributed by atoms with Crippen LogP contribution in [0.2, 0.25) is 0 Å². The van der Waals surface area contributed by atoms with Crippen LogP contribution >= 0.6 is 0 Å². The minimum atomic E-state index is -0.246. The van der Waals surface area contributed by atoms with Crippen molar-refractivity contribution in [2.24, 2.45) is 0 Å². The molecule has 3 heterocycles. The molecule has 0 spiro atoms. The Balaban J connectivity index is 1.45. The Bertz CT molecular complexity index is 1200. The molecular formula is C26H26N4O2. The molecule has 1 aliphatic rings. The number of hydrogen-bond acceptors (Lipinski definition) is 4. The molecule has 6 heteroatoms. The summed E-state index contributed by atoms with van der Waals surface area (Å²) in [7, 11) is 0. The average molecular weight is 427 g/mol. The van der Waals surface area contributed by atoms with Gasteiger partial charge in [0, 0.05) is 30.5 Å². The maximum atomic E-state index is 12.7. The highest BCUT2D eigenvalue weighted by molar-refractivity contribution is 5.92. The maximum absolute atomic E-state index is 12.7. The molecule has 1 N–H and O–H groups in total. The van der Waals surface area contributed by atoms with E-state index in [1.807, 2.05) is 24.5 Å². The Kier molecular flexibility index (Phi) is 5.58. The standard InChI is InChI=1S/C26H26N4O2/c1-18-8-10-20(11-9-18)24-25(30(17-29-24)21-6-2-3-7-21)22-12-13-23(32-22)26(31)28-16-19-5-4-14-27-15-19/h4-5,8-15,17,21H,2-3,6-7,16H2,1H3,(H,28,31). The summed E-state index contributed by atoms with van der Waals surface area (Å²) in [4.78, 5) is 21.5. The first-order chi connectivity index (χ1) is 15.7. The maximum Gasteiger partial charge on any atom is 0.287 e. The number of imidazole rings is 1. The molecule has 32 heavy (non-hydrogen) atoms. The summed E-state index contributed by atoms with van der Waals surface area (Å²) < 4.78 is 8.31. The number of benzene rings is 1. The molecule has 0 unspecified atom stereocenters. The lowest BCUT2D eigenvalue weighted by Gasteiger charge is -2.15. The molecule has 6 nitrogen and oxygen atoms in total. The minimum absolute atomic E-state index is 0.246. The van der Waals surface area contributed by atoms with E-state index >= 15 is 0 Å². The predicted octanol–water partition coefficient (Wildman–Crippen LogP) is 5.56. The highest BCUT2D eigenvalue weighted by atomic mass is 16.4. The summed E-state index contributed by atoms with van der Waals surface area (Å²) in [5.41, 5.74) is 5.01. The Hall–Kier alpha value is -3.67. The van der Waals surface area contributed by atoms with Gasteiger partial charge in [0.1, 0.15) is 5.69 Å². The molecule has 0 atom stereocenters. The Labute approximate surface area is 187 Å². The van der Waals surface area contributed by atoms with Crippen molar-refractivity contribution in [1.29, 1.82) is 0 Å². The number of nitrogens with zero attached hydrogens (tertiary/aromatic N) is 3. The molecule has 4 aromatic rings. The van der Waals surface area contributed by atoms with Crippen LogP contribution in [0.1, 0.15) is 53.4 Å². The van der Waals surface area contributed by atoms with Gasteiger partial charge in [0.15, 0.2) is 11.5 Å². The number of furan rings is 1. The van der Waals surface area contributed by atoms with E-state index in [9.17, 15) is 4.79 Å². The monoisotopic (exact) mass is 426 g/mol. The van der Waals surface area contributed by atoms with E-state index in [-0.39, 0.29) is 11.7 Å². The third-order valence-corrected chi connectivity index (χ3v) is 6.08. The van der Waals surface area contributed by atoms with E-state index in [0.29, 0.717) is 18.3 Å². The molecule has 3 aromatic heterocycles. The van der Waals surface area contributed by atoms with Gasteiger partial charge in [-0.2, -0.15) is 0 Å². The summed E-state index contributed by atoms with van der Waals surface area (Å²) >= 11 is 0. The lowest BCUT2D eigenvalue weighted by molar-refractivity contribution is 0.0924. The van der Waals surface area contributed by atoms with Gasteiger partial charge < -0.3 is 14.3 Å². The number of carbonyl (C=O) groups excluding carboxylic acids is 1. The highest BCUT2D eigenvalue weighted by Gasteiger charge is 2.25. The van der Waals surface area contributed by atoms with Crippen molar-refractivity contribution in [3.63, 3.8) is 0 Å². The van der Waals surface area contributed by atoms with Gasteiger partial charge in [0.25, 0.3) is 5.91 Å². The number of aryl methyl sites for hydroxylation is 1. The minimum Gasteiger partial charge on any atom is -0.449 e. The summed E-state index contributed by atoms with van der Waals surface area (Å²) in [5.74, 6) is 0.707. The number of hydrogen-bond donors (Lipinski definition) is 1. The third-order valence-electron chi connectivity index (χ3n) is 6.08. The van der Waals surface area contributed by atoms with Gasteiger partial charge in [0.05, 0.1) is 12.0 Å². The lowest BCUT2D eigenvalue weighted by Crippen LogP contribution is -2.22. The van der Waals surface area contributed by atoms with Gasteiger partial charge >= 0.3 is 0 Å². The molecule has 162 valence electrons. The summed E-state index contributed by atoms with van der Waals surface area (Å²) in [6, 6.07) is 16.1. The van der Waals surface area contributed by atoms with Crippen molar-refractivity contribution in [3.05, 3.63) is 84.1 Å². The van der Waals surface area contributed by atoms with Gasteiger partial charge in [-0.15, -0.1) is 0 Å². The van der Waals surface area contributed by atoms with Crippen molar-refractivity contribution in [3.8, 4) is 22.7 Å². The number of carbonyl (C=O) groups is 1. The fourth-order valence-electron chi connectivity index (χ4n) is 4.35. The van der Waals surface area contributed by atoms with Gasteiger partial charge in [0.2, 0.25) is 0 Å². The van der Waals surface area contributed by atoms with Crippen molar-refractivity contribution >= 4 is 5.91 Å². The first-order valence-electron chi connectivity index (χ1n) is 11.1. The van der Waals surface area contributed by atoms with Crippen LogP contribution in [0.15, 0.2) is 71.7 Å². The molecule has 0 bridgehead atoms. The van der Waals surface area contributed by atoms with Crippen molar-refractivity contribution < 1.29 is 9.21 Å². The number of amides is 1. The smallest absolute Gasteiger partial charge is 0.287 e. The normalized spacial score (nSPS) is 14.0. The zero-order valence-electron chi connectivity index (χ0n) is 18.1. The number of aromatic nitrogens is 3. The van der Waals surface area contributed by atoms with Crippen LogP contribution in [0.5, 0.6) is 0 Å². The quantitative estimate of drug-likeness (QED) is 0.438. The summed E-state index contributed by atoms with van der Waals surface area (Å²) in [6.45, 7) is 2.47. The van der Waals surface area contributed by atoms with Gasteiger partial charge in [-0.05, 0) is 43.5 Å². The average Bonchev–Trinajstić information content (AvgIpc) is 3.58. The molecule has 1 fully saturated rings. The Morgan fingerprint density at radius 2 is 1.94 bits per heavy atom. The van der Waals surface area contributed by atoms with Gasteiger partial charge in [-0.3, -0.25) is 9.78 Å². The second kappa shape index (κ2) is 8.83. The van der Waals surface area contributed by atoms with Crippen LogP contribution in [0.4, 0.5) is 0 Å². The van der Waals surface area contributed by atoms with Gasteiger partial charge in [-0.25, -0.2) is 4.98 Å². The van der Waals surface area contributed by atoms with E-state index in [0.717, 1.165) is 35.4 Å². The van der Waals surface area contributed by atoms with Crippen LogP contribution in [0, 0.1) is 6.92 Å². The Morgan fingerprint density at radius 3 is 2.69 bits per heavy atom. The number of nitrogens with one attached hydrogen (secondary N) is 1. The van der Waals surface area contributed by atoms with E-state index in [4.69, 9.17) is 9.40 Å². The zero-order valence-corrected chi connectivity index (χ0v) is 18.1. The number of rotatable bonds is 6. The van der Waals surface area contributed by atoms with Crippen LogP contribution in [0.3, 0.4) is 0 Å². The predicted molar refractivity (Wildman–Crippen MR) is 123 cm³/mol. The second-order valence-electron chi connectivity index (χ2n) is 8.36. The van der Waals surface area contributed by atoms with Crippen molar-refractivity contribution in [1.82, 2.24) is 19.9 Å². The second-order valence-corrected chi connectivity index (χ2v) is 8.36. The number of pyridine rings is 1. The van der Waals surface area contributed by atoms with E-state index in [1.54, 1.807) is 18.5 Å². The first kappa shape index (κ1) is 20.2. The highest BCUT2D eigenvalue weighted by Crippen LogP contribution is 2.39. The first-order valence-corrected chi connectivity index (χ1v) is 11.1. The van der Waals surface area contributed by atoms with Crippen LogP contribution < -0.4 is 5.32 Å². The lowest BCUT2D eigenvalue weighted by atomic mass is 10.1. The topological polar surface area (TPSA) is 73.0 Å². The SMILES string of the molecule is Cc1ccc(-c2ncn(C3CCCC3)c2-c2ccc(C(=O)NCc3cccnc3)o2)cc1. The molecule has 1 aliphatic carbocycles. The van der Waals surface area contributed by atoms with E-state index < -0.39 is 0 Å². The largest absolute Gasteiger partial charge is 0.449 e. The van der Waals surface area contributed by atoms with Crippen LogP contribution in [-0.2, 0) is 6.54 Å². The molecular weight excluding hydrogens is 400 g/mol. The van der Waals surface area contributed by atoms with E-state index in [2.05, 4.69) is 46.1 Å². The zero-order chi connectivity index (χ0) is 21.9. The summed E-state index contributed by atoms with van der Waals surface area (Å²) in [6.07, 6.45) is 10.1. The van der Waals surface area contributed by atoms with Crippen LogP contribution in [0.25, 0.3) is 22.7 Å². The molecule has 0 aliphatic heterocycles. The Morgan fingerprint density at radius 1 is 1.12 bits per heavy atom. The van der Waals surface area contributed by atoms with E-state index in [1.165, 1.54) is 18.4 Å². The van der Waals surface area contributed by atoms with Crippen molar-refractivity contribution in [2.75, 3.05) is 0 Å². The van der Waals surface area contributed by atoms with Crippen LogP contribution in [-0.4, -0.2) is 20.4 Å². The fraction of sp³-hybridized carbons (Fsp3) is 0.269. The summed E-state index contributed by atoms with van der Waals surface area (Å²) in [5, 5.41) is 2.90. The van der Waals surface area contributed by atoms with Gasteiger partial charge in [-0.1, -0.05) is 48.7 Å². The molecule has 0 saturated heterocycles. The molecule has 1 aromatic carbocycles. The fourth-order valence-corrected chi connectivity index (χ4v) is 4.35. The molecule has 1 saturated carbocycles.